The van der Waals surface area contributed by atoms with Crippen LogP contribution in [0.5, 0.6) is 0 Å². The van der Waals surface area contributed by atoms with Crippen molar-refractivity contribution in [3.05, 3.63) is 76.4 Å². The monoisotopic (exact) mass is 389 g/mol. The van der Waals surface area contributed by atoms with Crippen LogP contribution in [0.2, 0.25) is 0 Å². The van der Waals surface area contributed by atoms with E-state index in [0.717, 1.165) is 40.2 Å². The number of aryl methyl sites for hydroxylation is 2. The van der Waals surface area contributed by atoms with Gasteiger partial charge in [0.05, 0.1) is 11.6 Å². The van der Waals surface area contributed by atoms with Crippen LogP contribution in [0.1, 0.15) is 17.8 Å². The zero-order chi connectivity index (χ0) is 20.1. The molecule has 6 nitrogen and oxygen atoms in total. The molecule has 146 valence electrons. The molecular weight excluding hydrogens is 369 g/mol. The lowest BCUT2D eigenvalue weighted by Crippen LogP contribution is -2.36. The first kappa shape index (κ1) is 17.6. The van der Waals surface area contributed by atoms with Crippen molar-refractivity contribution in [3.8, 4) is 11.5 Å². The SMILES string of the molecule is Cc1c2cnn(-c3ncccc3F)c(=O)c2c(C)n1-c1cccc(N2CCC2)c1. The second-order valence-corrected chi connectivity index (χ2v) is 7.33. The van der Waals surface area contributed by atoms with Gasteiger partial charge in [-0.15, -0.1) is 0 Å². The quantitative estimate of drug-likeness (QED) is 0.538. The molecule has 0 spiro atoms. The van der Waals surface area contributed by atoms with E-state index in [0.29, 0.717) is 5.39 Å². The summed E-state index contributed by atoms with van der Waals surface area (Å²) in [6.45, 7) is 6.02. The molecule has 4 heterocycles. The number of hydrogen-bond donors (Lipinski definition) is 0. The number of anilines is 1. The highest BCUT2D eigenvalue weighted by atomic mass is 19.1. The van der Waals surface area contributed by atoms with Crippen LogP contribution < -0.4 is 10.5 Å². The van der Waals surface area contributed by atoms with Gasteiger partial charge < -0.3 is 9.47 Å². The van der Waals surface area contributed by atoms with E-state index in [9.17, 15) is 9.18 Å². The summed E-state index contributed by atoms with van der Waals surface area (Å²) in [5.41, 5.74) is 3.53. The minimum absolute atomic E-state index is 0.0935. The molecule has 1 saturated heterocycles. The number of hydrogen-bond acceptors (Lipinski definition) is 4. The molecular formula is C22H20FN5O. The Morgan fingerprint density at radius 2 is 1.83 bits per heavy atom. The van der Waals surface area contributed by atoms with Crippen LogP contribution in [-0.2, 0) is 0 Å². The summed E-state index contributed by atoms with van der Waals surface area (Å²) in [6.07, 6.45) is 4.27. The molecule has 0 saturated carbocycles. The van der Waals surface area contributed by atoms with Gasteiger partial charge in [-0.1, -0.05) is 6.07 Å². The molecule has 1 aliphatic heterocycles. The Morgan fingerprint density at radius 3 is 2.55 bits per heavy atom. The molecule has 0 unspecified atom stereocenters. The van der Waals surface area contributed by atoms with Crippen molar-refractivity contribution in [3.63, 3.8) is 0 Å². The van der Waals surface area contributed by atoms with Gasteiger partial charge in [-0.25, -0.2) is 9.37 Å². The van der Waals surface area contributed by atoms with Crippen molar-refractivity contribution in [2.45, 2.75) is 20.3 Å². The van der Waals surface area contributed by atoms with Crippen LogP contribution in [-0.4, -0.2) is 32.4 Å². The van der Waals surface area contributed by atoms with Gasteiger partial charge in [-0.2, -0.15) is 9.78 Å². The summed E-state index contributed by atoms with van der Waals surface area (Å²) in [5.74, 6) is -0.679. The van der Waals surface area contributed by atoms with Crippen LogP contribution in [0.4, 0.5) is 10.1 Å². The Bertz CT molecular complexity index is 1300. The van der Waals surface area contributed by atoms with E-state index < -0.39 is 5.82 Å². The molecule has 7 heteroatoms. The van der Waals surface area contributed by atoms with Crippen LogP contribution >= 0.6 is 0 Å². The Balaban J connectivity index is 1.72. The minimum Gasteiger partial charge on any atom is -0.371 e. The van der Waals surface area contributed by atoms with Gasteiger partial charge in [0.1, 0.15) is 0 Å². The third-order valence-electron chi connectivity index (χ3n) is 5.65. The zero-order valence-corrected chi connectivity index (χ0v) is 16.3. The van der Waals surface area contributed by atoms with Gasteiger partial charge in [0.25, 0.3) is 5.56 Å². The van der Waals surface area contributed by atoms with Crippen molar-refractivity contribution in [1.82, 2.24) is 19.3 Å². The number of fused-ring (bicyclic) bond motifs is 1. The van der Waals surface area contributed by atoms with Crippen LogP contribution in [0, 0.1) is 19.7 Å². The number of rotatable bonds is 3. The summed E-state index contributed by atoms with van der Waals surface area (Å²) in [7, 11) is 0. The molecule has 3 aromatic heterocycles. The van der Waals surface area contributed by atoms with Crippen LogP contribution in [0.3, 0.4) is 0 Å². The summed E-state index contributed by atoms with van der Waals surface area (Å²) in [5, 5.41) is 5.48. The van der Waals surface area contributed by atoms with Crippen LogP contribution in [0.15, 0.2) is 53.6 Å². The van der Waals surface area contributed by atoms with E-state index in [-0.39, 0.29) is 11.4 Å². The third-order valence-corrected chi connectivity index (χ3v) is 5.65. The number of nitrogens with zero attached hydrogens (tertiary/aromatic N) is 5. The second-order valence-electron chi connectivity index (χ2n) is 7.33. The predicted octanol–water partition coefficient (Wildman–Crippen LogP) is 3.54. The maximum absolute atomic E-state index is 14.2. The van der Waals surface area contributed by atoms with Gasteiger partial charge in [-0.3, -0.25) is 4.79 Å². The smallest absolute Gasteiger partial charge is 0.282 e. The summed E-state index contributed by atoms with van der Waals surface area (Å²) in [6, 6.07) is 11.1. The molecule has 0 aliphatic carbocycles. The van der Waals surface area contributed by atoms with Crippen molar-refractivity contribution in [2.75, 3.05) is 18.0 Å². The number of aromatic nitrogens is 4. The Kier molecular flexibility index (Phi) is 3.97. The fraction of sp³-hybridized carbons (Fsp3) is 0.227. The van der Waals surface area contributed by atoms with Crippen molar-refractivity contribution < 1.29 is 4.39 Å². The van der Waals surface area contributed by atoms with E-state index in [4.69, 9.17) is 0 Å². The normalized spacial score (nSPS) is 13.7. The molecule has 4 aromatic rings. The summed E-state index contributed by atoms with van der Waals surface area (Å²) >= 11 is 0. The molecule has 0 bridgehead atoms. The van der Waals surface area contributed by atoms with Crippen molar-refractivity contribution in [1.29, 1.82) is 0 Å². The molecule has 29 heavy (non-hydrogen) atoms. The highest BCUT2D eigenvalue weighted by Crippen LogP contribution is 2.29. The predicted molar refractivity (Wildman–Crippen MR) is 111 cm³/mol. The molecule has 0 atom stereocenters. The average molecular weight is 389 g/mol. The largest absolute Gasteiger partial charge is 0.371 e. The third kappa shape index (κ3) is 2.65. The molecule has 1 aromatic carbocycles. The Morgan fingerprint density at radius 1 is 1.03 bits per heavy atom. The maximum atomic E-state index is 14.2. The fourth-order valence-corrected chi connectivity index (χ4v) is 4.04. The highest BCUT2D eigenvalue weighted by Gasteiger charge is 2.20. The molecule has 1 aliphatic rings. The van der Waals surface area contributed by atoms with Gasteiger partial charge in [0.2, 0.25) is 0 Å². The van der Waals surface area contributed by atoms with E-state index in [1.807, 2.05) is 26.0 Å². The van der Waals surface area contributed by atoms with Gasteiger partial charge in [0, 0.05) is 47.4 Å². The lowest BCUT2D eigenvalue weighted by molar-refractivity contribution is 0.595. The van der Waals surface area contributed by atoms with Crippen molar-refractivity contribution >= 4 is 16.5 Å². The van der Waals surface area contributed by atoms with Gasteiger partial charge in [0.15, 0.2) is 11.6 Å². The first-order valence-electron chi connectivity index (χ1n) is 9.62. The first-order valence-corrected chi connectivity index (χ1v) is 9.62. The molecule has 0 N–H and O–H groups in total. The van der Waals surface area contributed by atoms with E-state index in [1.54, 1.807) is 6.20 Å². The molecule has 1 fully saturated rings. The molecule has 5 rings (SSSR count). The van der Waals surface area contributed by atoms with Crippen LogP contribution in [0.25, 0.3) is 22.3 Å². The number of benzene rings is 1. The Hall–Kier alpha value is -3.48. The molecule has 0 radical (unpaired) electrons. The average Bonchev–Trinajstić information content (AvgIpc) is 2.93. The summed E-state index contributed by atoms with van der Waals surface area (Å²) in [4.78, 5) is 19.5. The van der Waals surface area contributed by atoms with Gasteiger partial charge in [-0.05, 0) is 50.6 Å². The Labute approximate surface area is 166 Å². The lowest BCUT2D eigenvalue weighted by atomic mass is 10.1. The van der Waals surface area contributed by atoms with E-state index in [1.165, 1.54) is 30.4 Å². The molecule has 0 amide bonds. The highest BCUT2D eigenvalue weighted by molar-refractivity contribution is 5.88. The first-order chi connectivity index (χ1) is 14.1. The lowest BCUT2D eigenvalue weighted by Gasteiger charge is -2.33. The maximum Gasteiger partial charge on any atom is 0.282 e. The number of pyridine rings is 1. The minimum atomic E-state index is -0.586. The van der Waals surface area contributed by atoms with E-state index in [2.05, 4.69) is 31.7 Å². The fourth-order valence-electron chi connectivity index (χ4n) is 4.04. The zero-order valence-electron chi connectivity index (χ0n) is 16.3. The summed E-state index contributed by atoms with van der Waals surface area (Å²) < 4.78 is 17.3. The number of halogens is 1. The van der Waals surface area contributed by atoms with Crippen molar-refractivity contribution in [2.24, 2.45) is 0 Å². The standard InChI is InChI=1S/C22H20FN5O/c1-14-18-13-25-28(21-19(23)8-4-9-24-21)22(29)20(18)15(2)27(14)17-7-3-6-16(12-17)26-10-5-11-26/h3-4,6-9,12-13H,5,10-11H2,1-2H3. The van der Waals surface area contributed by atoms with E-state index >= 15 is 0 Å². The van der Waals surface area contributed by atoms with Gasteiger partial charge >= 0.3 is 0 Å². The topological polar surface area (TPSA) is 56.0 Å². The second kappa shape index (κ2) is 6.55.